The van der Waals surface area contributed by atoms with Gasteiger partial charge in [0.1, 0.15) is 11.5 Å². The first-order chi connectivity index (χ1) is 13.1. The Hall–Kier alpha value is -2.32. The van der Waals surface area contributed by atoms with Gasteiger partial charge in [-0.1, -0.05) is 0 Å². The number of hydrogen-bond donors (Lipinski definition) is 2. The number of methoxy groups -OCH3 is 2. The van der Waals surface area contributed by atoms with Crippen molar-refractivity contribution in [3.05, 3.63) is 18.2 Å². The van der Waals surface area contributed by atoms with E-state index in [1.54, 1.807) is 32.4 Å². The van der Waals surface area contributed by atoms with E-state index in [9.17, 15) is 9.59 Å². The first kappa shape index (κ1) is 19.4. The highest BCUT2D eigenvalue weighted by Crippen LogP contribution is 2.40. The average molecular weight is 377 g/mol. The molecule has 1 aliphatic heterocycles. The minimum absolute atomic E-state index is 0.0546. The van der Waals surface area contributed by atoms with Crippen molar-refractivity contribution < 1.29 is 23.8 Å². The predicted molar refractivity (Wildman–Crippen MR) is 100 cm³/mol. The fraction of sp³-hybridized carbons (Fsp3) is 0.579. The molecule has 2 atom stereocenters. The molecule has 0 bridgehead atoms. The third-order valence-corrected chi connectivity index (χ3v) is 4.96. The number of hydrogen-bond acceptors (Lipinski definition) is 6. The molecule has 1 aromatic carbocycles. The van der Waals surface area contributed by atoms with Crippen molar-refractivity contribution in [2.24, 2.45) is 11.8 Å². The van der Waals surface area contributed by atoms with Crippen LogP contribution in [0.4, 0.5) is 5.69 Å². The molecule has 27 heavy (non-hydrogen) atoms. The Bertz CT molecular complexity index is 675. The summed E-state index contributed by atoms with van der Waals surface area (Å²) in [5, 5.41) is 5.78. The molecule has 2 aliphatic rings. The van der Waals surface area contributed by atoms with Gasteiger partial charge in [0.15, 0.2) is 0 Å². The number of rotatable bonds is 8. The van der Waals surface area contributed by atoms with E-state index in [1.807, 2.05) is 0 Å². The van der Waals surface area contributed by atoms with Gasteiger partial charge in [-0.3, -0.25) is 14.5 Å². The van der Waals surface area contributed by atoms with Crippen LogP contribution in [0.15, 0.2) is 18.2 Å². The molecule has 0 spiro atoms. The quantitative estimate of drug-likeness (QED) is 0.694. The van der Waals surface area contributed by atoms with Crippen LogP contribution < -0.4 is 20.1 Å². The lowest BCUT2D eigenvalue weighted by molar-refractivity contribution is -0.125. The van der Waals surface area contributed by atoms with Gasteiger partial charge in [-0.25, -0.2) is 0 Å². The Kier molecular flexibility index (Phi) is 6.52. The van der Waals surface area contributed by atoms with Gasteiger partial charge in [-0.15, -0.1) is 0 Å². The topological polar surface area (TPSA) is 89.1 Å². The summed E-state index contributed by atoms with van der Waals surface area (Å²) >= 11 is 0. The van der Waals surface area contributed by atoms with Gasteiger partial charge < -0.3 is 24.8 Å². The molecule has 8 heteroatoms. The lowest BCUT2D eigenvalue weighted by Crippen LogP contribution is -2.41. The largest absolute Gasteiger partial charge is 0.497 e. The highest BCUT2D eigenvalue weighted by molar-refractivity contribution is 6.00. The molecule has 2 fully saturated rings. The van der Waals surface area contributed by atoms with Crippen molar-refractivity contribution in [2.45, 2.75) is 6.42 Å². The second kappa shape index (κ2) is 9.05. The van der Waals surface area contributed by atoms with E-state index in [0.717, 1.165) is 32.8 Å². The molecule has 3 rings (SSSR count). The molecular weight excluding hydrogens is 350 g/mol. The van der Waals surface area contributed by atoms with Crippen LogP contribution in [0.5, 0.6) is 11.5 Å². The molecule has 1 aromatic rings. The zero-order valence-electron chi connectivity index (χ0n) is 15.8. The summed E-state index contributed by atoms with van der Waals surface area (Å²) < 4.78 is 15.8. The molecule has 2 amide bonds. The van der Waals surface area contributed by atoms with Crippen LogP contribution in [-0.4, -0.2) is 70.3 Å². The maximum atomic E-state index is 12.5. The van der Waals surface area contributed by atoms with Crippen molar-refractivity contribution in [3.8, 4) is 11.5 Å². The number of carbonyl (C=O) groups excluding carboxylic acids is 2. The Morgan fingerprint density at radius 2 is 1.89 bits per heavy atom. The summed E-state index contributed by atoms with van der Waals surface area (Å²) in [6.45, 7) is 4.67. The number of nitrogens with zero attached hydrogens (tertiary/aromatic N) is 1. The summed E-state index contributed by atoms with van der Waals surface area (Å²) in [6, 6.07) is 5.20. The number of ether oxygens (including phenoxy) is 3. The molecule has 148 valence electrons. The summed E-state index contributed by atoms with van der Waals surface area (Å²) in [4.78, 5) is 27.0. The van der Waals surface area contributed by atoms with Crippen LogP contribution in [0.1, 0.15) is 6.42 Å². The van der Waals surface area contributed by atoms with Crippen molar-refractivity contribution in [2.75, 3.05) is 58.9 Å². The maximum Gasteiger partial charge on any atom is 0.228 e. The van der Waals surface area contributed by atoms with Gasteiger partial charge in [0.05, 0.1) is 45.0 Å². The second-order valence-corrected chi connectivity index (χ2v) is 6.75. The number of nitrogens with one attached hydrogen (secondary N) is 2. The third-order valence-electron chi connectivity index (χ3n) is 4.96. The van der Waals surface area contributed by atoms with Gasteiger partial charge >= 0.3 is 0 Å². The van der Waals surface area contributed by atoms with E-state index in [2.05, 4.69) is 15.5 Å². The Morgan fingerprint density at radius 3 is 2.59 bits per heavy atom. The Labute approximate surface area is 159 Å². The third kappa shape index (κ3) is 5.11. The van der Waals surface area contributed by atoms with Crippen molar-refractivity contribution >= 4 is 17.5 Å². The normalized spacial score (nSPS) is 22.0. The van der Waals surface area contributed by atoms with E-state index in [0.29, 0.717) is 30.2 Å². The van der Waals surface area contributed by atoms with E-state index in [-0.39, 0.29) is 23.7 Å². The van der Waals surface area contributed by atoms with Gasteiger partial charge in [-0.2, -0.15) is 0 Å². The highest BCUT2D eigenvalue weighted by atomic mass is 16.5. The number of anilines is 1. The van der Waals surface area contributed by atoms with E-state index < -0.39 is 0 Å². The van der Waals surface area contributed by atoms with Crippen LogP contribution in [0, 0.1) is 11.8 Å². The minimum Gasteiger partial charge on any atom is -0.497 e. The SMILES string of the molecule is COc1ccc(OC)c(NC(=O)C2CC2C(=O)NCCN2CCOCC2)c1. The molecule has 1 saturated heterocycles. The van der Waals surface area contributed by atoms with Crippen molar-refractivity contribution in [3.63, 3.8) is 0 Å². The summed E-state index contributed by atoms with van der Waals surface area (Å²) in [7, 11) is 3.10. The van der Waals surface area contributed by atoms with Gasteiger partial charge in [0, 0.05) is 32.2 Å². The van der Waals surface area contributed by atoms with Gasteiger partial charge in [-0.05, 0) is 18.6 Å². The zero-order chi connectivity index (χ0) is 19.2. The average Bonchev–Trinajstić information content (AvgIpc) is 3.50. The predicted octanol–water partition coefficient (Wildman–Crippen LogP) is 0.727. The molecule has 2 N–H and O–H groups in total. The monoisotopic (exact) mass is 377 g/mol. The summed E-state index contributed by atoms with van der Waals surface area (Å²) in [5.74, 6) is 0.391. The van der Waals surface area contributed by atoms with E-state index in [1.165, 1.54) is 0 Å². The smallest absolute Gasteiger partial charge is 0.228 e. The number of amides is 2. The minimum atomic E-state index is -0.302. The maximum absolute atomic E-state index is 12.5. The lowest BCUT2D eigenvalue weighted by Gasteiger charge is -2.26. The zero-order valence-corrected chi connectivity index (χ0v) is 15.8. The van der Waals surface area contributed by atoms with Crippen LogP contribution in [0.25, 0.3) is 0 Å². The Morgan fingerprint density at radius 1 is 1.15 bits per heavy atom. The number of morpholine rings is 1. The molecular formula is C19H27N3O5. The second-order valence-electron chi connectivity index (χ2n) is 6.75. The molecule has 8 nitrogen and oxygen atoms in total. The fourth-order valence-corrected chi connectivity index (χ4v) is 3.20. The van der Waals surface area contributed by atoms with Crippen LogP contribution in [0.3, 0.4) is 0 Å². The van der Waals surface area contributed by atoms with Crippen molar-refractivity contribution in [1.82, 2.24) is 10.2 Å². The number of carbonyl (C=O) groups is 2. The molecule has 1 aliphatic carbocycles. The molecule has 0 aromatic heterocycles. The summed E-state index contributed by atoms with van der Waals surface area (Å²) in [6.07, 6.45) is 0.571. The van der Waals surface area contributed by atoms with Gasteiger partial charge in [0.25, 0.3) is 0 Å². The first-order valence-electron chi connectivity index (χ1n) is 9.23. The standard InChI is InChI=1S/C19H27N3O5/c1-25-13-3-4-17(26-2)16(11-13)21-19(24)15-12-14(15)18(23)20-5-6-22-7-9-27-10-8-22/h3-4,11,14-15H,5-10,12H2,1-2H3,(H,20,23)(H,21,24). The summed E-state index contributed by atoms with van der Waals surface area (Å²) in [5.41, 5.74) is 0.542. The Balaban J connectivity index is 1.45. The molecule has 1 heterocycles. The van der Waals surface area contributed by atoms with Gasteiger partial charge in [0.2, 0.25) is 11.8 Å². The van der Waals surface area contributed by atoms with Crippen LogP contribution in [0.2, 0.25) is 0 Å². The number of benzene rings is 1. The lowest BCUT2D eigenvalue weighted by atomic mass is 10.2. The van der Waals surface area contributed by atoms with Crippen LogP contribution in [-0.2, 0) is 14.3 Å². The first-order valence-corrected chi connectivity index (χ1v) is 9.23. The molecule has 2 unspecified atom stereocenters. The molecule has 1 saturated carbocycles. The van der Waals surface area contributed by atoms with Crippen molar-refractivity contribution in [1.29, 1.82) is 0 Å². The van der Waals surface area contributed by atoms with Crippen LogP contribution >= 0.6 is 0 Å². The van der Waals surface area contributed by atoms with E-state index in [4.69, 9.17) is 14.2 Å². The van der Waals surface area contributed by atoms with E-state index >= 15 is 0 Å². The fourth-order valence-electron chi connectivity index (χ4n) is 3.20. The highest BCUT2D eigenvalue weighted by Gasteiger charge is 2.48. The molecule has 0 radical (unpaired) electrons.